The van der Waals surface area contributed by atoms with Crippen LogP contribution in [0.1, 0.15) is 30.1 Å². The summed E-state index contributed by atoms with van der Waals surface area (Å²) in [7, 11) is 0. The SMILES string of the molecule is CCC(C(=O)O)N1CCCN(C(=O)c2ccccc2Cl)CC1. The van der Waals surface area contributed by atoms with E-state index in [1.165, 1.54) is 0 Å². The predicted molar refractivity (Wildman–Crippen MR) is 85.3 cm³/mol. The Kier molecular flexibility index (Phi) is 5.80. The van der Waals surface area contributed by atoms with Gasteiger partial charge in [0.2, 0.25) is 0 Å². The summed E-state index contributed by atoms with van der Waals surface area (Å²) >= 11 is 6.09. The van der Waals surface area contributed by atoms with E-state index in [2.05, 4.69) is 0 Å². The number of carbonyl (C=O) groups excluding carboxylic acids is 1. The van der Waals surface area contributed by atoms with Crippen LogP contribution in [-0.2, 0) is 4.79 Å². The van der Waals surface area contributed by atoms with Gasteiger partial charge in [0.1, 0.15) is 6.04 Å². The third kappa shape index (κ3) is 3.78. The lowest BCUT2D eigenvalue weighted by Gasteiger charge is -2.26. The van der Waals surface area contributed by atoms with E-state index in [-0.39, 0.29) is 5.91 Å². The number of hydrogen-bond donors (Lipinski definition) is 1. The standard InChI is InChI=1S/C16H21ClN2O3/c1-2-14(16(21)22)18-8-5-9-19(11-10-18)15(20)12-6-3-4-7-13(12)17/h3-4,6-7,14H,2,5,8-11H2,1H3,(H,21,22). The normalized spacial score (nSPS) is 17.8. The molecule has 1 saturated heterocycles. The number of carboxylic acid groups (broad SMARTS) is 1. The van der Waals surface area contributed by atoms with Crippen molar-refractivity contribution < 1.29 is 14.7 Å². The zero-order chi connectivity index (χ0) is 16.1. The van der Waals surface area contributed by atoms with E-state index < -0.39 is 12.0 Å². The van der Waals surface area contributed by atoms with Crippen LogP contribution in [0, 0.1) is 0 Å². The maximum atomic E-state index is 12.6. The molecule has 1 amide bonds. The summed E-state index contributed by atoms with van der Waals surface area (Å²) in [6.07, 6.45) is 1.33. The van der Waals surface area contributed by atoms with E-state index in [1.54, 1.807) is 29.2 Å². The van der Waals surface area contributed by atoms with Gasteiger partial charge in [-0.15, -0.1) is 0 Å². The molecule has 1 aromatic rings. The van der Waals surface area contributed by atoms with Crippen molar-refractivity contribution in [2.45, 2.75) is 25.8 Å². The zero-order valence-electron chi connectivity index (χ0n) is 12.7. The topological polar surface area (TPSA) is 60.9 Å². The van der Waals surface area contributed by atoms with Gasteiger partial charge in [-0.3, -0.25) is 14.5 Å². The quantitative estimate of drug-likeness (QED) is 0.923. The molecule has 22 heavy (non-hydrogen) atoms. The molecule has 1 unspecified atom stereocenters. The molecule has 1 heterocycles. The van der Waals surface area contributed by atoms with Crippen LogP contribution < -0.4 is 0 Å². The van der Waals surface area contributed by atoms with Crippen LogP contribution in [0.3, 0.4) is 0 Å². The minimum absolute atomic E-state index is 0.0872. The molecule has 1 aliphatic heterocycles. The minimum atomic E-state index is -0.798. The highest BCUT2D eigenvalue weighted by Gasteiger charge is 2.27. The zero-order valence-corrected chi connectivity index (χ0v) is 13.4. The third-order valence-electron chi connectivity index (χ3n) is 4.03. The molecule has 0 spiro atoms. The van der Waals surface area contributed by atoms with Crippen molar-refractivity contribution in [2.75, 3.05) is 26.2 Å². The number of rotatable bonds is 4. The van der Waals surface area contributed by atoms with Crippen LogP contribution in [-0.4, -0.2) is 59.0 Å². The smallest absolute Gasteiger partial charge is 0.320 e. The summed E-state index contributed by atoms with van der Waals surface area (Å²) in [5.74, 6) is -0.885. The first-order valence-electron chi connectivity index (χ1n) is 7.55. The molecule has 0 radical (unpaired) electrons. The number of nitrogens with zero attached hydrogens (tertiary/aromatic N) is 2. The lowest BCUT2D eigenvalue weighted by atomic mass is 10.2. The molecular formula is C16H21ClN2O3. The van der Waals surface area contributed by atoms with Gasteiger partial charge in [-0.2, -0.15) is 0 Å². The molecule has 1 aliphatic rings. The number of halogens is 1. The van der Waals surface area contributed by atoms with Crippen molar-refractivity contribution >= 4 is 23.5 Å². The molecule has 1 N–H and O–H groups in total. The molecule has 6 heteroatoms. The Hall–Kier alpha value is -1.59. The molecule has 0 bridgehead atoms. The lowest BCUT2D eigenvalue weighted by molar-refractivity contribution is -0.143. The van der Waals surface area contributed by atoms with Gasteiger partial charge in [-0.05, 0) is 25.0 Å². The van der Waals surface area contributed by atoms with Crippen LogP contribution in [0.2, 0.25) is 5.02 Å². The Morgan fingerprint density at radius 3 is 2.59 bits per heavy atom. The average molecular weight is 325 g/mol. The maximum Gasteiger partial charge on any atom is 0.320 e. The summed E-state index contributed by atoms with van der Waals surface area (Å²) in [6.45, 7) is 4.28. The molecule has 120 valence electrons. The van der Waals surface area contributed by atoms with Gasteiger partial charge in [0.15, 0.2) is 0 Å². The second kappa shape index (κ2) is 7.61. The number of benzene rings is 1. The summed E-state index contributed by atoms with van der Waals surface area (Å²) < 4.78 is 0. The van der Waals surface area contributed by atoms with Crippen molar-refractivity contribution in [3.8, 4) is 0 Å². The second-order valence-electron chi connectivity index (χ2n) is 5.42. The fraction of sp³-hybridized carbons (Fsp3) is 0.500. The van der Waals surface area contributed by atoms with Crippen LogP contribution in [0.25, 0.3) is 0 Å². The van der Waals surface area contributed by atoms with Gasteiger partial charge >= 0.3 is 5.97 Å². The molecule has 0 saturated carbocycles. The van der Waals surface area contributed by atoms with Gasteiger partial charge in [-0.1, -0.05) is 30.7 Å². The van der Waals surface area contributed by atoms with Gasteiger partial charge < -0.3 is 10.0 Å². The van der Waals surface area contributed by atoms with Crippen LogP contribution >= 0.6 is 11.6 Å². The molecule has 1 fully saturated rings. The first-order valence-corrected chi connectivity index (χ1v) is 7.93. The van der Waals surface area contributed by atoms with E-state index in [9.17, 15) is 14.7 Å². The molecule has 2 rings (SSSR count). The number of amides is 1. The number of aliphatic carboxylic acids is 1. The van der Waals surface area contributed by atoms with Crippen LogP contribution in [0.15, 0.2) is 24.3 Å². The van der Waals surface area contributed by atoms with Gasteiger partial charge in [0.25, 0.3) is 5.91 Å². The average Bonchev–Trinajstić information content (AvgIpc) is 2.73. The highest BCUT2D eigenvalue weighted by molar-refractivity contribution is 6.33. The van der Waals surface area contributed by atoms with Crippen molar-refractivity contribution in [1.29, 1.82) is 0 Å². The predicted octanol–water partition coefficient (Wildman–Crippen LogP) is 2.35. The van der Waals surface area contributed by atoms with Crippen molar-refractivity contribution in [3.05, 3.63) is 34.9 Å². The fourth-order valence-corrected chi connectivity index (χ4v) is 3.06. The Morgan fingerprint density at radius 2 is 1.95 bits per heavy atom. The maximum absolute atomic E-state index is 12.6. The van der Waals surface area contributed by atoms with E-state index in [0.29, 0.717) is 43.2 Å². The number of carbonyl (C=O) groups is 2. The summed E-state index contributed by atoms with van der Waals surface area (Å²) in [6, 6.07) is 6.54. The van der Waals surface area contributed by atoms with E-state index >= 15 is 0 Å². The van der Waals surface area contributed by atoms with Crippen molar-refractivity contribution in [2.24, 2.45) is 0 Å². The summed E-state index contributed by atoms with van der Waals surface area (Å²) in [5, 5.41) is 9.72. The Balaban J connectivity index is 2.06. The van der Waals surface area contributed by atoms with Gasteiger partial charge in [0, 0.05) is 26.2 Å². The second-order valence-corrected chi connectivity index (χ2v) is 5.83. The van der Waals surface area contributed by atoms with E-state index in [0.717, 1.165) is 6.42 Å². The first kappa shape index (κ1) is 16.8. The van der Waals surface area contributed by atoms with Gasteiger partial charge in [0.05, 0.1) is 10.6 Å². The number of carboxylic acids is 1. The summed E-state index contributed by atoms with van der Waals surface area (Å²) in [5.41, 5.74) is 0.503. The fourth-order valence-electron chi connectivity index (χ4n) is 2.85. The van der Waals surface area contributed by atoms with Crippen molar-refractivity contribution in [3.63, 3.8) is 0 Å². The highest BCUT2D eigenvalue weighted by atomic mass is 35.5. The van der Waals surface area contributed by atoms with Crippen LogP contribution in [0.4, 0.5) is 0 Å². The largest absolute Gasteiger partial charge is 0.480 e. The van der Waals surface area contributed by atoms with E-state index in [4.69, 9.17) is 11.6 Å². The lowest BCUT2D eigenvalue weighted by Crippen LogP contribution is -2.43. The first-order chi connectivity index (χ1) is 10.5. The van der Waals surface area contributed by atoms with Crippen LogP contribution in [0.5, 0.6) is 0 Å². The Labute approximate surface area is 135 Å². The number of hydrogen-bond acceptors (Lipinski definition) is 3. The summed E-state index contributed by atoms with van der Waals surface area (Å²) in [4.78, 5) is 27.6. The molecule has 0 aromatic heterocycles. The monoisotopic (exact) mass is 324 g/mol. The Bertz CT molecular complexity index is 550. The van der Waals surface area contributed by atoms with E-state index in [1.807, 2.05) is 11.8 Å². The minimum Gasteiger partial charge on any atom is -0.480 e. The van der Waals surface area contributed by atoms with Crippen molar-refractivity contribution in [1.82, 2.24) is 9.80 Å². The Morgan fingerprint density at radius 1 is 1.23 bits per heavy atom. The van der Waals surface area contributed by atoms with Gasteiger partial charge in [-0.25, -0.2) is 0 Å². The molecule has 1 atom stereocenters. The molecule has 5 nitrogen and oxygen atoms in total. The molecular weight excluding hydrogens is 304 g/mol. The highest BCUT2D eigenvalue weighted by Crippen LogP contribution is 2.19. The molecule has 1 aromatic carbocycles. The third-order valence-corrected chi connectivity index (χ3v) is 4.36. The molecule has 0 aliphatic carbocycles.